The van der Waals surface area contributed by atoms with Crippen molar-refractivity contribution < 1.29 is 9.53 Å². The van der Waals surface area contributed by atoms with Gasteiger partial charge < -0.3 is 20.3 Å². The molecule has 0 bridgehead atoms. The van der Waals surface area contributed by atoms with E-state index in [9.17, 15) is 4.79 Å². The van der Waals surface area contributed by atoms with Gasteiger partial charge in [0.2, 0.25) is 0 Å². The zero-order chi connectivity index (χ0) is 19.4. The first-order valence-electron chi connectivity index (χ1n) is 9.61. The molecule has 0 spiro atoms. The summed E-state index contributed by atoms with van der Waals surface area (Å²) in [4.78, 5) is 17.1. The van der Waals surface area contributed by atoms with Gasteiger partial charge in [0.1, 0.15) is 5.75 Å². The van der Waals surface area contributed by atoms with E-state index in [4.69, 9.17) is 10.5 Å². The minimum absolute atomic E-state index is 0.0435. The molecule has 1 amide bonds. The molecule has 2 aromatic carbocycles. The maximum absolute atomic E-state index is 12.9. The van der Waals surface area contributed by atoms with Gasteiger partial charge in [-0.1, -0.05) is 12.1 Å². The lowest BCUT2D eigenvalue weighted by Gasteiger charge is -2.22. The molecular formula is C22H29N3O2. The Hall–Kier alpha value is -2.53. The Balaban J connectivity index is 1.72. The maximum atomic E-state index is 12.9. The molecule has 1 aliphatic rings. The standard InChI is InChI=1S/C22H29N3O2/c1-4-24(5-2)18-11-9-16(10-12-18)22(26)25-14-20(21(23)15-25)17-7-6-8-19(13-17)27-3/h6-13,20-21H,4-5,14-15,23H2,1-3H3/t20-,21+/m0/s1. The maximum Gasteiger partial charge on any atom is 0.253 e. The first-order valence-corrected chi connectivity index (χ1v) is 9.61. The molecule has 2 N–H and O–H groups in total. The first-order chi connectivity index (χ1) is 13.1. The molecule has 1 heterocycles. The van der Waals surface area contributed by atoms with Crippen molar-refractivity contribution in [3.63, 3.8) is 0 Å². The van der Waals surface area contributed by atoms with Gasteiger partial charge in [0.15, 0.2) is 0 Å². The number of carbonyl (C=O) groups is 1. The molecule has 2 atom stereocenters. The quantitative estimate of drug-likeness (QED) is 0.852. The Morgan fingerprint density at radius 3 is 2.48 bits per heavy atom. The van der Waals surface area contributed by atoms with Crippen LogP contribution in [0.5, 0.6) is 5.75 Å². The summed E-state index contributed by atoms with van der Waals surface area (Å²) in [6.07, 6.45) is 0. The van der Waals surface area contributed by atoms with Crippen LogP contribution in [0.25, 0.3) is 0 Å². The van der Waals surface area contributed by atoms with Crippen LogP contribution in [0.3, 0.4) is 0 Å². The highest BCUT2D eigenvalue weighted by Crippen LogP contribution is 2.30. The highest BCUT2D eigenvalue weighted by atomic mass is 16.5. The van der Waals surface area contributed by atoms with Crippen LogP contribution in [0, 0.1) is 0 Å². The Morgan fingerprint density at radius 2 is 1.85 bits per heavy atom. The van der Waals surface area contributed by atoms with Crippen molar-refractivity contribution in [2.45, 2.75) is 25.8 Å². The Morgan fingerprint density at radius 1 is 1.15 bits per heavy atom. The third-order valence-electron chi connectivity index (χ3n) is 5.42. The van der Waals surface area contributed by atoms with E-state index in [-0.39, 0.29) is 17.9 Å². The van der Waals surface area contributed by atoms with Gasteiger partial charge in [0.05, 0.1) is 7.11 Å². The number of hydrogen-bond donors (Lipinski definition) is 1. The lowest BCUT2D eigenvalue weighted by atomic mass is 9.95. The summed E-state index contributed by atoms with van der Waals surface area (Å²) in [5.41, 5.74) is 9.34. The van der Waals surface area contributed by atoms with Gasteiger partial charge in [-0.25, -0.2) is 0 Å². The number of methoxy groups -OCH3 is 1. The predicted octanol–water partition coefficient (Wildman–Crippen LogP) is 3.11. The van der Waals surface area contributed by atoms with E-state index in [0.29, 0.717) is 18.7 Å². The molecule has 0 saturated carbocycles. The topological polar surface area (TPSA) is 58.8 Å². The molecule has 0 aromatic heterocycles. The molecule has 0 radical (unpaired) electrons. The summed E-state index contributed by atoms with van der Waals surface area (Å²) in [6.45, 7) is 7.36. The number of benzene rings is 2. The second-order valence-electron chi connectivity index (χ2n) is 6.98. The van der Waals surface area contributed by atoms with Crippen molar-refractivity contribution >= 4 is 11.6 Å². The fourth-order valence-corrected chi connectivity index (χ4v) is 3.81. The summed E-state index contributed by atoms with van der Waals surface area (Å²) >= 11 is 0. The zero-order valence-corrected chi connectivity index (χ0v) is 16.4. The number of carbonyl (C=O) groups excluding carboxylic acids is 1. The van der Waals surface area contributed by atoms with E-state index in [0.717, 1.165) is 30.1 Å². The fraction of sp³-hybridized carbons (Fsp3) is 0.409. The second kappa shape index (κ2) is 8.44. The van der Waals surface area contributed by atoms with Gasteiger partial charge in [-0.15, -0.1) is 0 Å². The Kier molecular flexibility index (Phi) is 6.01. The predicted molar refractivity (Wildman–Crippen MR) is 110 cm³/mol. The van der Waals surface area contributed by atoms with Gasteiger partial charge >= 0.3 is 0 Å². The Bertz CT molecular complexity index is 771. The van der Waals surface area contributed by atoms with Gasteiger partial charge in [0.25, 0.3) is 5.91 Å². The lowest BCUT2D eigenvalue weighted by Crippen LogP contribution is -2.32. The Labute approximate surface area is 161 Å². The van der Waals surface area contributed by atoms with Crippen LogP contribution in [0.4, 0.5) is 5.69 Å². The molecular weight excluding hydrogens is 338 g/mol. The average Bonchev–Trinajstić information content (AvgIpc) is 3.10. The smallest absolute Gasteiger partial charge is 0.253 e. The molecule has 5 heteroatoms. The summed E-state index contributed by atoms with van der Waals surface area (Å²) < 4.78 is 5.32. The average molecular weight is 367 g/mol. The number of hydrogen-bond acceptors (Lipinski definition) is 4. The van der Waals surface area contributed by atoms with E-state index in [1.165, 1.54) is 0 Å². The highest BCUT2D eigenvalue weighted by molar-refractivity contribution is 5.95. The van der Waals surface area contributed by atoms with E-state index >= 15 is 0 Å². The van der Waals surface area contributed by atoms with Crippen molar-refractivity contribution in [1.82, 2.24) is 4.90 Å². The zero-order valence-electron chi connectivity index (χ0n) is 16.4. The van der Waals surface area contributed by atoms with Crippen LogP contribution in [0.2, 0.25) is 0 Å². The minimum Gasteiger partial charge on any atom is -0.497 e. The minimum atomic E-state index is -0.0731. The summed E-state index contributed by atoms with van der Waals surface area (Å²) in [5.74, 6) is 0.984. The van der Waals surface area contributed by atoms with E-state index < -0.39 is 0 Å². The molecule has 3 rings (SSSR count). The van der Waals surface area contributed by atoms with Crippen LogP contribution in [0.1, 0.15) is 35.7 Å². The number of likely N-dealkylation sites (tertiary alicyclic amines) is 1. The number of rotatable bonds is 6. The van der Waals surface area contributed by atoms with Crippen LogP contribution in [0.15, 0.2) is 48.5 Å². The van der Waals surface area contributed by atoms with Gasteiger partial charge in [-0.2, -0.15) is 0 Å². The summed E-state index contributed by atoms with van der Waals surface area (Å²) in [6, 6.07) is 15.8. The lowest BCUT2D eigenvalue weighted by molar-refractivity contribution is 0.0789. The highest BCUT2D eigenvalue weighted by Gasteiger charge is 2.34. The first kappa shape index (κ1) is 19.2. The van der Waals surface area contributed by atoms with Crippen molar-refractivity contribution in [3.05, 3.63) is 59.7 Å². The summed E-state index contributed by atoms with van der Waals surface area (Å²) in [7, 11) is 1.66. The fourth-order valence-electron chi connectivity index (χ4n) is 3.81. The second-order valence-corrected chi connectivity index (χ2v) is 6.98. The molecule has 0 unspecified atom stereocenters. The number of anilines is 1. The van der Waals surface area contributed by atoms with Crippen molar-refractivity contribution in [2.24, 2.45) is 5.73 Å². The van der Waals surface area contributed by atoms with Crippen LogP contribution < -0.4 is 15.4 Å². The van der Waals surface area contributed by atoms with Crippen molar-refractivity contribution in [3.8, 4) is 5.75 Å². The number of ether oxygens (including phenoxy) is 1. The number of nitrogens with zero attached hydrogens (tertiary/aromatic N) is 2. The molecule has 144 valence electrons. The van der Waals surface area contributed by atoms with E-state index in [1.54, 1.807) is 7.11 Å². The van der Waals surface area contributed by atoms with Gasteiger partial charge in [-0.05, 0) is 55.8 Å². The third-order valence-corrected chi connectivity index (χ3v) is 5.42. The van der Waals surface area contributed by atoms with E-state index in [1.807, 2.05) is 47.4 Å². The van der Waals surface area contributed by atoms with Crippen LogP contribution >= 0.6 is 0 Å². The van der Waals surface area contributed by atoms with E-state index in [2.05, 4.69) is 24.8 Å². The molecule has 2 aromatic rings. The number of amides is 1. The van der Waals surface area contributed by atoms with Crippen molar-refractivity contribution in [1.29, 1.82) is 0 Å². The van der Waals surface area contributed by atoms with Crippen LogP contribution in [-0.2, 0) is 0 Å². The molecule has 27 heavy (non-hydrogen) atoms. The van der Waals surface area contributed by atoms with Crippen LogP contribution in [-0.4, -0.2) is 50.1 Å². The largest absolute Gasteiger partial charge is 0.497 e. The normalized spacial score (nSPS) is 19.2. The number of nitrogens with two attached hydrogens (primary N) is 1. The molecule has 5 nitrogen and oxygen atoms in total. The molecule has 0 aliphatic carbocycles. The van der Waals surface area contributed by atoms with Gasteiger partial charge in [-0.3, -0.25) is 4.79 Å². The van der Waals surface area contributed by atoms with Gasteiger partial charge in [0, 0.05) is 49.4 Å². The SMILES string of the molecule is CCN(CC)c1ccc(C(=O)N2C[C@@H](N)[C@H](c3cccc(OC)c3)C2)cc1. The monoisotopic (exact) mass is 367 g/mol. The molecule has 1 saturated heterocycles. The molecule has 1 aliphatic heterocycles. The van der Waals surface area contributed by atoms with Crippen molar-refractivity contribution in [2.75, 3.05) is 38.2 Å². The molecule has 1 fully saturated rings. The summed E-state index contributed by atoms with van der Waals surface area (Å²) in [5, 5.41) is 0. The third kappa shape index (κ3) is 4.08.